The Morgan fingerprint density at radius 3 is 2.78 bits per heavy atom. The lowest BCUT2D eigenvalue weighted by Crippen LogP contribution is -2.28. The highest BCUT2D eigenvalue weighted by Gasteiger charge is 2.17. The third kappa shape index (κ3) is 4.36. The molecule has 142 valence electrons. The van der Waals surface area contributed by atoms with E-state index in [9.17, 15) is 4.79 Å². The molecule has 6 nitrogen and oxygen atoms in total. The van der Waals surface area contributed by atoms with Gasteiger partial charge in [-0.3, -0.25) is 4.79 Å². The molecule has 0 aliphatic heterocycles. The van der Waals surface area contributed by atoms with E-state index in [-0.39, 0.29) is 12.3 Å². The molecule has 0 aliphatic carbocycles. The number of thiazole rings is 1. The van der Waals surface area contributed by atoms with Gasteiger partial charge in [-0.1, -0.05) is 17.3 Å². The van der Waals surface area contributed by atoms with Gasteiger partial charge in [-0.05, 0) is 32.9 Å². The van der Waals surface area contributed by atoms with Gasteiger partial charge in [0.15, 0.2) is 0 Å². The molecule has 2 aromatic heterocycles. The number of rotatable bonds is 7. The topological polar surface area (TPSA) is 68.5 Å². The SMILES string of the molecule is CCOc1ccccc1-c1nc(CC(=O)N(C)Cc2c(C)noc2C)cs1. The minimum atomic E-state index is 0.00458. The van der Waals surface area contributed by atoms with Gasteiger partial charge in [0, 0.05) is 18.0 Å². The van der Waals surface area contributed by atoms with Gasteiger partial charge in [0.05, 0.1) is 36.5 Å². The summed E-state index contributed by atoms with van der Waals surface area (Å²) >= 11 is 1.52. The van der Waals surface area contributed by atoms with Crippen molar-refractivity contribution in [2.24, 2.45) is 0 Å². The lowest BCUT2D eigenvalue weighted by atomic mass is 10.2. The zero-order valence-electron chi connectivity index (χ0n) is 16.0. The van der Waals surface area contributed by atoms with E-state index in [1.54, 1.807) is 11.9 Å². The Kier molecular flexibility index (Phi) is 5.91. The second kappa shape index (κ2) is 8.35. The number of hydrogen-bond acceptors (Lipinski definition) is 6. The van der Waals surface area contributed by atoms with E-state index >= 15 is 0 Å². The molecule has 3 rings (SSSR count). The van der Waals surface area contributed by atoms with Crippen LogP contribution in [-0.4, -0.2) is 34.6 Å². The zero-order valence-corrected chi connectivity index (χ0v) is 16.8. The van der Waals surface area contributed by atoms with Gasteiger partial charge in [-0.25, -0.2) is 4.98 Å². The predicted molar refractivity (Wildman–Crippen MR) is 105 cm³/mol. The molecule has 1 amide bonds. The van der Waals surface area contributed by atoms with Gasteiger partial charge in [-0.2, -0.15) is 0 Å². The summed E-state index contributed by atoms with van der Waals surface area (Å²) in [7, 11) is 1.78. The number of benzene rings is 1. The van der Waals surface area contributed by atoms with Crippen LogP contribution in [0.2, 0.25) is 0 Å². The van der Waals surface area contributed by atoms with Crippen LogP contribution in [0.4, 0.5) is 0 Å². The van der Waals surface area contributed by atoms with Gasteiger partial charge < -0.3 is 14.2 Å². The van der Waals surface area contributed by atoms with E-state index in [1.165, 1.54) is 11.3 Å². The number of carbonyl (C=O) groups excluding carboxylic acids is 1. The standard InChI is InChI=1S/C20H23N3O3S/c1-5-25-18-9-7-6-8-16(18)20-21-15(12-27-20)10-19(24)23(4)11-17-13(2)22-26-14(17)3/h6-9,12H,5,10-11H2,1-4H3. The van der Waals surface area contributed by atoms with Crippen molar-refractivity contribution in [3.05, 3.63) is 52.4 Å². The van der Waals surface area contributed by atoms with Crippen molar-refractivity contribution < 1.29 is 14.1 Å². The first-order valence-electron chi connectivity index (χ1n) is 8.82. The summed E-state index contributed by atoms with van der Waals surface area (Å²) < 4.78 is 10.8. The first-order valence-corrected chi connectivity index (χ1v) is 9.69. The minimum absolute atomic E-state index is 0.00458. The van der Waals surface area contributed by atoms with E-state index < -0.39 is 0 Å². The first-order chi connectivity index (χ1) is 13.0. The highest BCUT2D eigenvalue weighted by Crippen LogP contribution is 2.32. The highest BCUT2D eigenvalue weighted by atomic mass is 32.1. The fraction of sp³-hybridized carbons (Fsp3) is 0.350. The van der Waals surface area contributed by atoms with Crippen LogP contribution in [0, 0.1) is 13.8 Å². The van der Waals surface area contributed by atoms with Gasteiger partial charge in [0.25, 0.3) is 0 Å². The molecule has 0 saturated heterocycles. The van der Waals surface area contributed by atoms with Crippen molar-refractivity contribution in [1.82, 2.24) is 15.0 Å². The summed E-state index contributed by atoms with van der Waals surface area (Å²) in [6.45, 7) is 6.77. The molecule has 0 saturated carbocycles. The number of aromatic nitrogens is 2. The van der Waals surface area contributed by atoms with Crippen molar-refractivity contribution in [3.63, 3.8) is 0 Å². The van der Waals surface area contributed by atoms with Crippen molar-refractivity contribution in [2.45, 2.75) is 33.7 Å². The molecule has 0 spiro atoms. The lowest BCUT2D eigenvalue weighted by Gasteiger charge is -2.16. The lowest BCUT2D eigenvalue weighted by molar-refractivity contribution is -0.129. The fourth-order valence-electron chi connectivity index (χ4n) is 2.78. The van der Waals surface area contributed by atoms with Crippen molar-refractivity contribution in [3.8, 4) is 16.3 Å². The normalized spacial score (nSPS) is 10.8. The molecule has 0 atom stereocenters. The molecule has 27 heavy (non-hydrogen) atoms. The summed E-state index contributed by atoms with van der Waals surface area (Å²) in [4.78, 5) is 18.9. The second-order valence-corrected chi connectivity index (χ2v) is 7.16. The number of likely N-dealkylation sites (N-methyl/N-ethyl adjacent to an activating group) is 1. The van der Waals surface area contributed by atoms with Crippen LogP contribution in [-0.2, 0) is 17.8 Å². The van der Waals surface area contributed by atoms with E-state index in [0.29, 0.717) is 13.2 Å². The van der Waals surface area contributed by atoms with Gasteiger partial charge in [0.2, 0.25) is 5.91 Å². The summed E-state index contributed by atoms with van der Waals surface area (Å²) in [6.07, 6.45) is 0.257. The summed E-state index contributed by atoms with van der Waals surface area (Å²) in [5.74, 6) is 1.56. The van der Waals surface area contributed by atoms with E-state index in [1.807, 2.05) is 50.4 Å². The molecule has 1 aromatic carbocycles. The van der Waals surface area contributed by atoms with E-state index in [2.05, 4.69) is 10.1 Å². The number of hydrogen-bond donors (Lipinski definition) is 0. The van der Waals surface area contributed by atoms with Crippen molar-refractivity contribution in [1.29, 1.82) is 0 Å². The quantitative estimate of drug-likeness (QED) is 0.614. The smallest absolute Gasteiger partial charge is 0.228 e. The molecule has 0 fully saturated rings. The molecular formula is C20H23N3O3S. The van der Waals surface area contributed by atoms with Gasteiger partial charge in [0.1, 0.15) is 16.5 Å². The molecule has 3 aromatic rings. The summed E-state index contributed by atoms with van der Waals surface area (Å²) in [6, 6.07) is 7.82. The molecule has 0 N–H and O–H groups in total. The number of para-hydroxylation sites is 1. The van der Waals surface area contributed by atoms with Crippen molar-refractivity contribution in [2.75, 3.05) is 13.7 Å². The maximum atomic E-state index is 12.6. The average Bonchev–Trinajstić information content (AvgIpc) is 3.24. The Morgan fingerprint density at radius 2 is 2.07 bits per heavy atom. The Hall–Kier alpha value is -2.67. The van der Waals surface area contributed by atoms with Crippen LogP contribution in [0.25, 0.3) is 10.6 Å². The minimum Gasteiger partial charge on any atom is -0.493 e. The van der Waals surface area contributed by atoms with Crippen LogP contribution in [0.15, 0.2) is 34.2 Å². The molecule has 0 unspecified atom stereocenters. The molecule has 0 radical (unpaired) electrons. The number of ether oxygens (including phenoxy) is 1. The first kappa shape index (κ1) is 19.1. The van der Waals surface area contributed by atoms with Gasteiger partial charge in [-0.15, -0.1) is 11.3 Å². The third-order valence-electron chi connectivity index (χ3n) is 4.30. The van der Waals surface area contributed by atoms with Crippen LogP contribution >= 0.6 is 11.3 Å². The number of carbonyl (C=O) groups is 1. The third-order valence-corrected chi connectivity index (χ3v) is 5.23. The summed E-state index contributed by atoms with van der Waals surface area (Å²) in [5, 5.41) is 6.72. The highest BCUT2D eigenvalue weighted by molar-refractivity contribution is 7.13. The number of amides is 1. The van der Waals surface area contributed by atoms with Crippen LogP contribution in [0.3, 0.4) is 0 Å². The fourth-order valence-corrected chi connectivity index (χ4v) is 3.63. The molecule has 0 aliphatic rings. The van der Waals surface area contributed by atoms with Crippen LogP contribution < -0.4 is 4.74 Å². The zero-order chi connectivity index (χ0) is 19.4. The largest absolute Gasteiger partial charge is 0.493 e. The van der Waals surface area contributed by atoms with Crippen molar-refractivity contribution >= 4 is 17.2 Å². The number of nitrogens with zero attached hydrogens (tertiary/aromatic N) is 3. The molecule has 7 heteroatoms. The molecule has 0 bridgehead atoms. The number of aryl methyl sites for hydroxylation is 2. The van der Waals surface area contributed by atoms with Crippen LogP contribution in [0.1, 0.15) is 29.6 Å². The maximum absolute atomic E-state index is 12.6. The second-order valence-electron chi connectivity index (χ2n) is 6.30. The van der Waals surface area contributed by atoms with E-state index in [4.69, 9.17) is 9.26 Å². The maximum Gasteiger partial charge on any atom is 0.228 e. The van der Waals surface area contributed by atoms with Crippen LogP contribution in [0.5, 0.6) is 5.75 Å². The monoisotopic (exact) mass is 385 g/mol. The molecule has 2 heterocycles. The Labute approximate surface area is 162 Å². The Balaban J connectivity index is 1.69. The average molecular weight is 385 g/mol. The van der Waals surface area contributed by atoms with E-state index in [0.717, 1.165) is 39.0 Å². The predicted octanol–water partition coefficient (Wildman–Crippen LogP) is 4.01. The van der Waals surface area contributed by atoms with Gasteiger partial charge >= 0.3 is 0 Å². The Bertz CT molecular complexity index is 913. The summed E-state index contributed by atoms with van der Waals surface area (Å²) in [5.41, 5.74) is 3.48. The molecular weight excluding hydrogens is 362 g/mol. The Morgan fingerprint density at radius 1 is 1.30 bits per heavy atom.